The number of benzene rings is 2. The highest BCUT2D eigenvalue weighted by Gasteiger charge is 2.18. The SMILES string of the molecule is O=C(Cc1ccccc1[N+](=O)[O-])c1ccc(F)cc1Cl. The van der Waals surface area contributed by atoms with E-state index in [4.69, 9.17) is 11.6 Å². The van der Waals surface area contributed by atoms with Gasteiger partial charge in [-0.05, 0) is 18.2 Å². The molecule has 0 radical (unpaired) electrons. The summed E-state index contributed by atoms with van der Waals surface area (Å²) in [7, 11) is 0. The summed E-state index contributed by atoms with van der Waals surface area (Å²) in [5, 5.41) is 10.9. The summed E-state index contributed by atoms with van der Waals surface area (Å²) in [4.78, 5) is 22.4. The number of hydrogen-bond acceptors (Lipinski definition) is 3. The molecule has 0 saturated carbocycles. The summed E-state index contributed by atoms with van der Waals surface area (Å²) in [5.41, 5.74) is 0.313. The van der Waals surface area contributed by atoms with Crippen molar-refractivity contribution in [2.24, 2.45) is 0 Å². The molecule has 0 aliphatic heterocycles. The second kappa shape index (κ2) is 5.79. The molecule has 0 fully saturated rings. The van der Waals surface area contributed by atoms with E-state index < -0.39 is 16.5 Å². The van der Waals surface area contributed by atoms with E-state index in [0.717, 1.165) is 12.1 Å². The number of para-hydroxylation sites is 1. The highest BCUT2D eigenvalue weighted by Crippen LogP contribution is 2.23. The van der Waals surface area contributed by atoms with Crippen molar-refractivity contribution in [2.75, 3.05) is 0 Å². The lowest BCUT2D eigenvalue weighted by Crippen LogP contribution is -2.06. The zero-order valence-electron chi connectivity index (χ0n) is 10.2. The first-order chi connectivity index (χ1) is 9.49. The van der Waals surface area contributed by atoms with Gasteiger partial charge < -0.3 is 0 Å². The molecule has 0 aliphatic carbocycles. The average Bonchev–Trinajstić information content (AvgIpc) is 2.38. The van der Waals surface area contributed by atoms with Gasteiger partial charge in [0.2, 0.25) is 0 Å². The number of rotatable bonds is 4. The van der Waals surface area contributed by atoms with Gasteiger partial charge in [-0.15, -0.1) is 0 Å². The van der Waals surface area contributed by atoms with Crippen molar-refractivity contribution in [3.8, 4) is 0 Å². The Balaban J connectivity index is 2.30. The van der Waals surface area contributed by atoms with Crippen LogP contribution in [0.4, 0.5) is 10.1 Å². The zero-order valence-corrected chi connectivity index (χ0v) is 10.9. The summed E-state index contributed by atoms with van der Waals surface area (Å²) in [6.45, 7) is 0. The van der Waals surface area contributed by atoms with Crippen LogP contribution < -0.4 is 0 Å². The van der Waals surface area contributed by atoms with Crippen LogP contribution in [0, 0.1) is 15.9 Å². The normalized spacial score (nSPS) is 10.3. The molecule has 0 spiro atoms. The lowest BCUT2D eigenvalue weighted by Gasteiger charge is -2.04. The third kappa shape index (κ3) is 3.00. The Morgan fingerprint density at radius 3 is 2.60 bits per heavy atom. The van der Waals surface area contributed by atoms with E-state index in [1.54, 1.807) is 6.07 Å². The van der Waals surface area contributed by atoms with Crippen LogP contribution in [0.15, 0.2) is 42.5 Å². The Morgan fingerprint density at radius 2 is 1.95 bits per heavy atom. The van der Waals surface area contributed by atoms with Crippen molar-refractivity contribution in [3.63, 3.8) is 0 Å². The fourth-order valence-electron chi connectivity index (χ4n) is 1.82. The summed E-state index contributed by atoms with van der Waals surface area (Å²) >= 11 is 5.80. The fourth-order valence-corrected chi connectivity index (χ4v) is 2.09. The number of nitro benzene ring substituents is 1. The molecule has 2 rings (SSSR count). The van der Waals surface area contributed by atoms with Crippen LogP contribution in [0.5, 0.6) is 0 Å². The van der Waals surface area contributed by atoms with Gasteiger partial charge in [-0.1, -0.05) is 29.8 Å². The molecule has 20 heavy (non-hydrogen) atoms. The van der Waals surface area contributed by atoms with Crippen LogP contribution >= 0.6 is 11.6 Å². The van der Waals surface area contributed by atoms with E-state index in [1.165, 1.54) is 24.3 Å². The molecule has 0 bridgehead atoms. The molecular weight excluding hydrogens is 285 g/mol. The van der Waals surface area contributed by atoms with Crippen LogP contribution in [-0.4, -0.2) is 10.7 Å². The van der Waals surface area contributed by atoms with Gasteiger partial charge in [0.15, 0.2) is 5.78 Å². The standard InChI is InChI=1S/C14H9ClFNO3/c15-12-8-10(16)5-6-11(12)14(18)7-9-3-1-2-4-13(9)17(19)20/h1-6,8H,7H2. The van der Waals surface area contributed by atoms with Crippen molar-refractivity contribution in [1.29, 1.82) is 0 Å². The molecule has 0 aromatic heterocycles. The number of nitro groups is 1. The maximum atomic E-state index is 12.9. The Morgan fingerprint density at radius 1 is 1.25 bits per heavy atom. The quantitative estimate of drug-likeness (QED) is 0.489. The number of carbonyl (C=O) groups excluding carboxylic acids is 1. The predicted molar refractivity (Wildman–Crippen MR) is 72.5 cm³/mol. The first kappa shape index (κ1) is 14.1. The van der Waals surface area contributed by atoms with Gasteiger partial charge in [-0.3, -0.25) is 14.9 Å². The number of hydrogen-bond donors (Lipinski definition) is 0. The van der Waals surface area contributed by atoms with Crippen LogP contribution in [0.3, 0.4) is 0 Å². The van der Waals surface area contributed by atoms with Crippen LogP contribution in [0.2, 0.25) is 5.02 Å². The third-order valence-corrected chi connectivity index (χ3v) is 3.08. The van der Waals surface area contributed by atoms with Crippen LogP contribution in [0.25, 0.3) is 0 Å². The van der Waals surface area contributed by atoms with Gasteiger partial charge in [0, 0.05) is 23.6 Å². The minimum absolute atomic E-state index is 0.00594. The Bertz CT molecular complexity index is 688. The van der Waals surface area contributed by atoms with E-state index in [0.29, 0.717) is 5.56 Å². The molecular formula is C14H9ClFNO3. The summed E-state index contributed by atoms with van der Waals surface area (Å²) < 4.78 is 12.9. The molecule has 0 heterocycles. The third-order valence-electron chi connectivity index (χ3n) is 2.77. The van der Waals surface area contributed by atoms with E-state index in [2.05, 4.69) is 0 Å². The van der Waals surface area contributed by atoms with Gasteiger partial charge in [-0.25, -0.2) is 4.39 Å². The lowest BCUT2D eigenvalue weighted by molar-refractivity contribution is -0.385. The zero-order chi connectivity index (χ0) is 14.7. The summed E-state index contributed by atoms with van der Waals surface area (Å²) in [6.07, 6.45) is -0.164. The van der Waals surface area contributed by atoms with E-state index in [1.807, 2.05) is 0 Å². The first-order valence-corrected chi connectivity index (χ1v) is 6.07. The second-order valence-corrected chi connectivity index (χ2v) is 4.52. The topological polar surface area (TPSA) is 60.2 Å². The molecule has 2 aromatic rings. The number of nitrogens with zero attached hydrogens (tertiary/aromatic N) is 1. The molecule has 2 aromatic carbocycles. The van der Waals surface area contributed by atoms with Crippen molar-refractivity contribution in [3.05, 3.63) is 74.5 Å². The molecule has 6 heteroatoms. The monoisotopic (exact) mass is 293 g/mol. The Hall–Kier alpha value is -2.27. The Kier molecular flexibility index (Phi) is 4.10. The molecule has 102 valence electrons. The van der Waals surface area contributed by atoms with Gasteiger partial charge in [0.25, 0.3) is 5.69 Å². The van der Waals surface area contributed by atoms with Gasteiger partial charge in [0.1, 0.15) is 5.82 Å². The summed E-state index contributed by atoms with van der Waals surface area (Å²) in [6, 6.07) is 9.41. The number of halogens is 2. The van der Waals surface area contributed by atoms with Gasteiger partial charge in [-0.2, -0.15) is 0 Å². The van der Waals surface area contributed by atoms with E-state index >= 15 is 0 Å². The maximum Gasteiger partial charge on any atom is 0.273 e. The Labute approximate surface area is 119 Å². The number of carbonyl (C=O) groups is 1. The number of ketones is 1. The maximum absolute atomic E-state index is 12.9. The molecule has 0 unspecified atom stereocenters. The highest BCUT2D eigenvalue weighted by atomic mass is 35.5. The highest BCUT2D eigenvalue weighted by molar-refractivity contribution is 6.34. The summed E-state index contributed by atoms with van der Waals surface area (Å²) in [5.74, 6) is -0.943. The lowest BCUT2D eigenvalue weighted by atomic mass is 10.0. The van der Waals surface area contributed by atoms with Crippen molar-refractivity contribution >= 4 is 23.1 Å². The van der Waals surface area contributed by atoms with Crippen molar-refractivity contribution < 1.29 is 14.1 Å². The molecule has 0 aliphatic rings. The molecule has 0 amide bonds. The molecule has 0 N–H and O–H groups in total. The predicted octanol–water partition coefficient (Wildman–Crippen LogP) is 3.81. The number of Topliss-reactive ketones (excluding diaryl/α,β-unsaturated/α-hetero) is 1. The van der Waals surface area contributed by atoms with E-state index in [-0.39, 0.29) is 22.7 Å². The second-order valence-electron chi connectivity index (χ2n) is 4.11. The van der Waals surface area contributed by atoms with Crippen LogP contribution in [-0.2, 0) is 6.42 Å². The van der Waals surface area contributed by atoms with Crippen molar-refractivity contribution in [1.82, 2.24) is 0 Å². The average molecular weight is 294 g/mol. The van der Waals surface area contributed by atoms with Gasteiger partial charge >= 0.3 is 0 Å². The smallest absolute Gasteiger partial charge is 0.273 e. The fraction of sp³-hybridized carbons (Fsp3) is 0.0714. The molecule has 0 saturated heterocycles. The van der Waals surface area contributed by atoms with E-state index in [9.17, 15) is 19.3 Å². The largest absolute Gasteiger partial charge is 0.294 e. The minimum Gasteiger partial charge on any atom is -0.294 e. The molecule has 4 nitrogen and oxygen atoms in total. The van der Waals surface area contributed by atoms with Gasteiger partial charge in [0.05, 0.1) is 9.95 Å². The molecule has 0 atom stereocenters. The first-order valence-electron chi connectivity index (χ1n) is 5.69. The van der Waals surface area contributed by atoms with Crippen molar-refractivity contribution in [2.45, 2.75) is 6.42 Å². The van der Waals surface area contributed by atoms with Crippen LogP contribution in [0.1, 0.15) is 15.9 Å². The minimum atomic E-state index is -0.547.